The van der Waals surface area contributed by atoms with Gasteiger partial charge in [-0.2, -0.15) is 5.10 Å². The Morgan fingerprint density at radius 2 is 2.04 bits per heavy atom. The second kappa shape index (κ2) is 9.53. The minimum atomic E-state index is -0.290. The van der Waals surface area contributed by atoms with E-state index in [-0.39, 0.29) is 11.6 Å². The second-order valence-corrected chi connectivity index (χ2v) is 6.32. The van der Waals surface area contributed by atoms with Gasteiger partial charge in [0.05, 0.1) is 10.7 Å². The summed E-state index contributed by atoms with van der Waals surface area (Å²) in [6.07, 6.45) is 2.93. The number of aromatic nitrogens is 3. The van der Waals surface area contributed by atoms with Crippen molar-refractivity contribution in [3.63, 3.8) is 0 Å². The van der Waals surface area contributed by atoms with Crippen LogP contribution in [0.15, 0.2) is 18.2 Å². The van der Waals surface area contributed by atoms with Crippen molar-refractivity contribution >= 4 is 17.5 Å². The maximum absolute atomic E-state index is 12.3. The maximum Gasteiger partial charge on any atom is 0.271 e. The average molecular weight is 365 g/mol. The SMILES string of the molecule is CCCCOCCCNC(=O)c1nc(-n2nc(C)cc2C)ccc1Cl. The van der Waals surface area contributed by atoms with Crippen LogP contribution in [0.5, 0.6) is 0 Å². The van der Waals surface area contributed by atoms with E-state index >= 15 is 0 Å². The second-order valence-electron chi connectivity index (χ2n) is 5.91. The summed E-state index contributed by atoms with van der Waals surface area (Å²) in [6.45, 7) is 7.90. The zero-order valence-corrected chi connectivity index (χ0v) is 15.8. The van der Waals surface area contributed by atoms with Gasteiger partial charge in [0.25, 0.3) is 5.91 Å². The Morgan fingerprint density at radius 1 is 1.28 bits per heavy atom. The number of hydrogen-bond donors (Lipinski definition) is 1. The normalized spacial score (nSPS) is 10.9. The first-order chi connectivity index (χ1) is 12.0. The third-order valence-corrected chi connectivity index (χ3v) is 3.97. The molecule has 2 aromatic heterocycles. The Hall–Kier alpha value is -1.92. The molecular weight excluding hydrogens is 340 g/mol. The number of nitrogens with one attached hydrogen (secondary N) is 1. The summed E-state index contributed by atoms with van der Waals surface area (Å²) in [5.41, 5.74) is 2.05. The molecular formula is C18H25ClN4O2. The van der Waals surface area contributed by atoms with Crippen molar-refractivity contribution in [3.05, 3.63) is 40.3 Å². The third-order valence-electron chi connectivity index (χ3n) is 3.67. The molecule has 1 amide bonds. The van der Waals surface area contributed by atoms with Crippen LogP contribution in [0.2, 0.25) is 5.02 Å². The third kappa shape index (κ3) is 5.54. The number of carbonyl (C=O) groups excluding carboxylic acids is 1. The number of carbonyl (C=O) groups is 1. The lowest BCUT2D eigenvalue weighted by Gasteiger charge is -2.09. The average Bonchev–Trinajstić information content (AvgIpc) is 2.92. The smallest absolute Gasteiger partial charge is 0.271 e. The van der Waals surface area contributed by atoms with Crippen LogP contribution in [0.25, 0.3) is 5.82 Å². The molecule has 0 fully saturated rings. The fraction of sp³-hybridized carbons (Fsp3) is 0.500. The topological polar surface area (TPSA) is 69.0 Å². The monoisotopic (exact) mass is 364 g/mol. The van der Waals surface area contributed by atoms with E-state index in [1.807, 2.05) is 19.9 Å². The minimum absolute atomic E-state index is 0.207. The maximum atomic E-state index is 12.3. The van der Waals surface area contributed by atoms with Crippen molar-refractivity contribution in [3.8, 4) is 5.82 Å². The first-order valence-corrected chi connectivity index (χ1v) is 8.97. The van der Waals surface area contributed by atoms with Crippen LogP contribution in [0.1, 0.15) is 48.1 Å². The summed E-state index contributed by atoms with van der Waals surface area (Å²) in [5, 5.41) is 7.54. The molecule has 0 aliphatic heterocycles. The molecule has 0 saturated carbocycles. The van der Waals surface area contributed by atoms with E-state index in [0.29, 0.717) is 24.0 Å². The Kier molecular flexibility index (Phi) is 7.40. The number of unbranched alkanes of at least 4 members (excludes halogenated alkanes) is 1. The Morgan fingerprint density at radius 3 is 2.72 bits per heavy atom. The molecule has 0 saturated heterocycles. The van der Waals surface area contributed by atoms with Crippen LogP contribution in [0.3, 0.4) is 0 Å². The number of halogens is 1. The van der Waals surface area contributed by atoms with Gasteiger partial charge in [0.15, 0.2) is 5.82 Å². The molecule has 0 aliphatic rings. The summed E-state index contributed by atoms with van der Waals surface area (Å²) in [4.78, 5) is 16.7. The molecule has 6 nitrogen and oxygen atoms in total. The van der Waals surface area contributed by atoms with Crippen LogP contribution in [-0.2, 0) is 4.74 Å². The van der Waals surface area contributed by atoms with Crippen molar-refractivity contribution in [1.29, 1.82) is 0 Å². The Balaban J connectivity index is 1.95. The summed E-state index contributed by atoms with van der Waals surface area (Å²) in [7, 11) is 0. The van der Waals surface area contributed by atoms with Gasteiger partial charge in [0.2, 0.25) is 0 Å². The number of nitrogens with zero attached hydrogens (tertiary/aromatic N) is 3. The molecule has 0 atom stereocenters. The minimum Gasteiger partial charge on any atom is -0.381 e. The number of ether oxygens (including phenoxy) is 1. The van der Waals surface area contributed by atoms with Crippen LogP contribution < -0.4 is 5.32 Å². The Labute approximate surface area is 153 Å². The molecule has 2 aromatic rings. The molecule has 0 spiro atoms. The van der Waals surface area contributed by atoms with Crippen molar-refractivity contribution in [2.75, 3.05) is 19.8 Å². The summed E-state index contributed by atoms with van der Waals surface area (Å²) >= 11 is 6.14. The molecule has 2 heterocycles. The predicted molar refractivity (Wildman–Crippen MR) is 98.5 cm³/mol. The van der Waals surface area contributed by atoms with Crippen molar-refractivity contribution in [1.82, 2.24) is 20.1 Å². The van der Waals surface area contributed by atoms with Crippen LogP contribution >= 0.6 is 11.6 Å². The van der Waals surface area contributed by atoms with Gasteiger partial charge in [-0.25, -0.2) is 9.67 Å². The molecule has 0 aliphatic carbocycles. The number of hydrogen-bond acceptors (Lipinski definition) is 4. The first kappa shape index (κ1) is 19.4. The van der Waals surface area contributed by atoms with Crippen LogP contribution in [0, 0.1) is 13.8 Å². The van der Waals surface area contributed by atoms with E-state index in [4.69, 9.17) is 16.3 Å². The number of aryl methyl sites for hydroxylation is 2. The van der Waals surface area contributed by atoms with Crippen molar-refractivity contribution in [2.24, 2.45) is 0 Å². The number of amides is 1. The highest BCUT2D eigenvalue weighted by Crippen LogP contribution is 2.17. The zero-order valence-electron chi connectivity index (χ0n) is 15.0. The van der Waals surface area contributed by atoms with E-state index in [1.54, 1.807) is 16.8 Å². The van der Waals surface area contributed by atoms with Crippen LogP contribution in [0.4, 0.5) is 0 Å². The molecule has 7 heteroatoms. The molecule has 0 radical (unpaired) electrons. The van der Waals surface area contributed by atoms with E-state index in [1.165, 1.54) is 0 Å². The molecule has 0 bridgehead atoms. The summed E-state index contributed by atoms with van der Waals surface area (Å²) < 4.78 is 7.17. The summed E-state index contributed by atoms with van der Waals surface area (Å²) in [5.74, 6) is 0.282. The van der Waals surface area contributed by atoms with Gasteiger partial charge in [-0.3, -0.25) is 4.79 Å². The molecule has 0 unspecified atom stereocenters. The van der Waals surface area contributed by atoms with E-state index in [2.05, 4.69) is 22.3 Å². The quantitative estimate of drug-likeness (QED) is 0.691. The van der Waals surface area contributed by atoms with Crippen molar-refractivity contribution < 1.29 is 9.53 Å². The lowest BCUT2D eigenvalue weighted by atomic mass is 10.3. The standard InChI is InChI=1S/C18H25ClN4O2/c1-4-5-10-25-11-6-9-20-18(24)17-15(19)7-8-16(21-17)23-14(3)12-13(2)22-23/h7-8,12H,4-6,9-11H2,1-3H3,(H,20,24). The van der Waals surface area contributed by atoms with Gasteiger partial charge < -0.3 is 10.1 Å². The molecule has 0 aromatic carbocycles. The van der Waals surface area contributed by atoms with Gasteiger partial charge in [-0.15, -0.1) is 0 Å². The lowest BCUT2D eigenvalue weighted by Crippen LogP contribution is -2.27. The zero-order chi connectivity index (χ0) is 18.2. The molecule has 136 valence electrons. The van der Waals surface area contributed by atoms with E-state index < -0.39 is 0 Å². The van der Waals surface area contributed by atoms with E-state index in [9.17, 15) is 4.79 Å². The van der Waals surface area contributed by atoms with Crippen molar-refractivity contribution in [2.45, 2.75) is 40.0 Å². The Bertz CT molecular complexity index is 715. The fourth-order valence-corrected chi connectivity index (χ4v) is 2.57. The van der Waals surface area contributed by atoms with Gasteiger partial charge in [-0.1, -0.05) is 24.9 Å². The fourth-order valence-electron chi connectivity index (χ4n) is 2.38. The number of pyridine rings is 1. The van der Waals surface area contributed by atoms with E-state index in [0.717, 1.165) is 37.3 Å². The molecule has 1 N–H and O–H groups in total. The predicted octanol–water partition coefficient (Wildman–Crippen LogP) is 3.47. The highest BCUT2D eigenvalue weighted by atomic mass is 35.5. The molecule has 2 rings (SSSR count). The highest BCUT2D eigenvalue weighted by Gasteiger charge is 2.14. The lowest BCUT2D eigenvalue weighted by molar-refractivity contribution is 0.0935. The largest absolute Gasteiger partial charge is 0.381 e. The van der Waals surface area contributed by atoms with Gasteiger partial charge in [0.1, 0.15) is 5.69 Å². The van der Waals surface area contributed by atoms with Gasteiger partial charge in [0, 0.05) is 25.5 Å². The van der Waals surface area contributed by atoms with Gasteiger partial charge in [-0.05, 0) is 44.9 Å². The molecule has 25 heavy (non-hydrogen) atoms. The van der Waals surface area contributed by atoms with Crippen LogP contribution in [-0.4, -0.2) is 40.4 Å². The summed E-state index contributed by atoms with van der Waals surface area (Å²) in [6, 6.07) is 5.37. The first-order valence-electron chi connectivity index (χ1n) is 8.59. The van der Waals surface area contributed by atoms with Gasteiger partial charge >= 0.3 is 0 Å². The highest BCUT2D eigenvalue weighted by molar-refractivity contribution is 6.33. The number of rotatable bonds is 9.